The minimum atomic E-state index is 0.0480. The van der Waals surface area contributed by atoms with Crippen molar-refractivity contribution in [2.75, 3.05) is 37.6 Å². The summed E-state index contributed by atoms with van der Waals surface area (Å²) in [6.07, 6.45) is 1.32. The zero-order valence-corrected chi connectivity index (χ0v) is 16.9. The molecule has 1 atom stereocenters. The van der Waals surface area contributed by atoms with E-state index in [4.69, 9.17) is 0 Å². The van der Waals surface area contributed by atoms with Crippen LogP contribution in [0, 0.1) is 13.8 Å². The quantitative estimate of drug-likeness (QED) is 0.784. The van der Waals surface area contributed by atoms with Crippen molar-refractivity contribution in [2.45, 2.75) is 53.5 Å². The Labute approximate surface area is 158 Å². The lowest BCUT2D eigenvalue weighted by atomic mass is 10.1. The van der Waals surface area contributed by atoms with Crippen LogP contribution in [0.2, 0.25) is 0 Å². The SMILES string of the molecule is CCC(C)N(CCC(=O)N1CCN(c2cccc(C)c2C)CC1)C(C)=O. The number of aryl methyl sites for hydroxylation is 1. The van der Waals surface area contributed by atoms with Crippen LogP contribution in [0.3, 0.4) is 0 Å². The van der Waals surface area contributed by atoms with Crippen LogP contribution >= 0.6 is 0 Å². The number of nitrogens with zero attached hydrogens (tertiary/aromatic N) is 3. The number of anilines is 1. The van der Waals surface area contributed by atoms with Crippen molar-refractivity contribution < 1.29 is 9.59 Å². The van der Waals surface area contributed by atoms with Gasteiger partial charge in [0.25, 0.3) is 0 Å². The van der Waals surface area contributed by atoms with Crippen LogP contribution in [0.5, 0.6) is 0 Å². The summed E-state index contributed by atoms with van der Waals surface area (Å²) < 4.78 is 0. The molecule has 2 rings (SSSR count). The molecular weight excluding hydrogens is 326 g/mol. The van der Waals surface area contributed by atoms with E-state index in [9.17, 15) is 9.59 Å². The Kier molecular flexibility index (Phi) is 7.06. The molecule has 5 heteroatoms. The number of benzene rings is 1. The van der Waals surface area contributed by atoms with Gasteiger partial charge in [-0.2, -0.15) is 0 Å². The minimum Gasteiger partial charge on any atom is -0.368 e. The summed E-state index contributed by atoms with van der Waals surface area (Å²) in [5.41, 5.74) is 3.89. The van der Waals surface area contributed by atoms with E-state index in [1.807, 2.05) is 16.7 Å². The number of amides is 2. The lowest BCUT2D eigenvalue weighted by Gasteiger charge is -2.37. The fourth-order valence-electron chi connectivity index (χ4n) is 3.56. The topological polar surface area (TPSA) is 43.9 Å². The van der Waals surface area contributed by atoms with E-state index in [0.29, 0.717) is 13.0 Å². The molecule has 144 valence electrons. The van der Waals surface area contributed by atoms with Gasteiger partial charge in [-0.15, -0.1) is 0 Å². The van der Waals surface area contributed by atoms with Crippen molar-refractivity contribution in [2.24, 2.45) is 0 Å². The molecule has 1 aromatic rings. The Balaban J connectivity index is 1.88. The molecule has 1 aliphatic heterocycles. The van der Waals surface area contributed by atoms with Crippen molar-refractivity contribution in [3.63, 3.8) is 0 Å². The predicted octanol–water partition coefficient (Wildman–Crippen LogP) is 2.99. The van der Waals surface area contributed by atoms with Crippen LogP contribution in [0.25, 0.3) is 0 Å². The van der Waals surface area contributed by atoms with E-state index < -0.39 is 0 Å². The van der Waals surface area contributed by atoms with Gasteiger partial charge in [-0.1, -0.05) is 19.1 Å². The summed E-state index contributed by atoms with van der Waals surface area (Å²) in [4.78, 5) is 30.5. The Hall–Kier alpha value is -2.04. The summed E-state index contributed by atoms with van der Waals surface area (Å²) in [5.74, 6) is 0.201. The lowest BCUT2D eigenvalue weighted by Crippen LogP contribution is -2.50. The maximum atomic E-state index is 12.6. The molecule has 1 fully saturated rings. The molecule has 1 unspecified atom stereocenters. The minimum absolute atomic E-state index is 0.0480. The smallest absolute Gasteiger partial charge is 0.224 e. The number of rotatable bonds is 6. The molecular formula is C21H33N3O2. The second-order valence-electron chi connectivity index (χ2n) is 7.31. The summed E-state index contributed by atoms with van der Waals surface area (Å²) >= 11 is 0. The third-order valence-corrected chi connectivity index (χ3v) is 5.64. The fourth-order valence-corrected chi connectivity index (χ4v) is 3.56. The largest absolute Gasteiger partial charge is 0.368 e. The molecule has 0 aliphatic carbocycles. The van der Waals surface area contributed by atoms with E-state index in [1.165, 1.54) is 16.8 Å². The Morgan fingerprint density at radius 3 is 2.38 bits per heavy atom. The van der Waals surface area contributed by atoms with E-state index >= 15 is 0 Å². The molecule has 1 aliphatic rings. The number of carbonyl (C=O) groups excluding carboxylic acids is 2. The van der Waals surface area contributed by atoms with Gasteiger partial charge in [0.1, 0.15) is 0 Å². The highest BCUT2D eigenvalue weighted by atomic mass is 16.2. The first-order valence-corrected chi connectivity index (χ1v) is 9.71. The van der Waals surface area contributed by atoms with Gasteiger partial charge in [0.2, 0.25) is 11.8 Å². The van der Waals surface area contributed by atoms with Crippen molar-refractivity contribution in [1.82, 2.24) is 9.80 Å². The van der Waals surface area contributed by atoms with E-state index in [1.54, 1.807) is 6.92 Å². The normalized spacial score (nSPS) is 15.7. The van der Waals surface area contributed by atoms with Crippen LogP contribution in [0.15, 0.2) is 18.2 Å². The molecule has 0 saturated carbocycles. The van der Waals surface area contributed by atoms with Gasteiger partial charge < -0.3 is 14.7 Å². The van der Waals surface area contributed by atoms with Crippen LogP contribution < -0.4 is 4.90 Å². The number of hydrogen-bond donors (Lipinski definition) is 0. The zero-order chi connectivity index (χ0) is 19.3. The van der Waals surface area contributed by atoms with Gasteiger partial charge in [0.15, 0.2) is 0 Å². The molecule has 0 N–H and O–H groups in total. The molecule has 5 nitrogen and oxygen atoms in total. The summed E-state index contributed by atoms with van der Waals surface area (Å²) in [5, 5.41) is 0. The van der Waals surface area contributed by atoms with Gasteiger partial charge >= 0.3 is 0 Å². The molecule has 1 saturated heterocycles. The molecule has 1 aromatic carbocycles. The van der Waals surface area contributed by atoms with Gasteiger partial charge in [0.05, 0.1) is 0 Å². The maximum absolute atomic E-state index is 12.6. The molecule has 1 heterocycles. The summed E-state index contributed by atoms with van der Waals surface area (Å²) in [6, 6.07) is 6.58. The Morgan fingerprint density at radius 2 is 1.81 bits per heavy atom. The molecule has 26 heavy (non-hydrogen) atoms. The van der Waals surface area contributed by atoms with Gasteiger partial charge in [-0.3, -0.25) is 9.59 Å². The number of hydrogen-bond acceptors (Lipinski definition) is 3. The van der Waals surface area contributed by atoms with Crippen LogP contribution in [-0.2, 0) is 9.59 Å². The van der Waals surface area contributed by atoms with Gasteiger partial charge in [-0.25, -0.2) is 0 Å². The first-order valence-electron chi connectivity index (χ1n) is 9.71. The van der Waals surface area contributed by atoms with E-state index in [2.05, 4.69) is 43.9 Å². The highest BCUT2D eigenvalue weighted by molar-refractivity contribution is 5.78. The number of piperazine rings is 1. The molecule has 0 radical (unpaired) electrons. The standard InChI is InChI=1S/C21H33N3O2/c1-6-17(3)24(19(5)25)11-10-21(26)23-14-12-22(13-15-23)20-9-7-8-16(2)18(20)4/h7-9,17H,6,10-15H2,1-5H3. The van der Waals surface area contributed by atoms with Crippen molar-refractivity contribution in [3.05, 3.63) is 29.3 Å². The second kappa shape index (κ2) is 9.06. The highest BCUT2D eigenvalue weighted by Gasteiger charge is 2.23. The van der Waals surface area contributed by atoms with Gasteiger partial charge in [0, 0.05) is 57.8 Å². The maximum Gasteiger partial charge on any atom is 0.224 e. The van der Waals surface area contributed by atoms with Crippen LogP contribution in [0.1, 0.15) is 44.7 Å². The molecule has 2 amide bonds. The predicted molar refractivity (Wildman–Crippen MR) is 106 cm³/mol. The summed E-state index contributed by atoms with van der Waals surface area (Å²) in [6.45, 7) is 13.7. The van der Waals surface area contributed by atoms with Crippen molar-refractivity contribution >= 4 is 17.5 Å². The third-order valence-electron chi connectivity index (χ3n) is 5.64. The Bertz CT molecular complexity index is 636. The van der Waals surface area contributed by atoms with Crippen molar-refractivity contribution in [1.29, 1.82) is 0 Å². The Morgan fingerprint density at radius 1 is 1.15 bits per heavy atom. The van der Waals surface area contributed by atoms with Crippen LogP contribution in [-0.4, -0.2) is 60.4 Å². The zero-order valence-electron chi connectivity index (χ0n) is 16.9. The van der Waals surface area contributed by atoms with Crippen molar-refractivity contribution in [3.8, 4) is 0 Å². The highest BCUT2D eigenvalue weighted by Crippen LogP contribution is 2.24. The monoisotopic (exact) mass is 359 g/mol. The first-order chi connectivity index (χ1) is 12.3. The molecule has 0 aromatic heterocycles. The lowest BCUT2D eigenvalue weighted by molar-refractivity contribution is -0.134. The average molecular weight is 360 g/mol. The fraction of sp³-hybridized carbons (Fsp3) is 0.619. The number of carbonyl (C=O) groups is 2. The van der Waals surface area contributed by atoms with Gasteiger partial charge in [-0.05, 0) is 44.4 Å². The average Bonchev–Trinajstić information content (AvgIpc) is 2.63. The molecule has 0 bridgehead atoms. The van der Waals surface area contributed by atoms with Crippen LogP contribution in [0.4, 0.5) is 5.69 Å². The third kappa shape index (κ3) is 4.77. The first kappa shape index (κ1) is 20.3. The summed E-state index contributed by atoms with van der Waals surface area (Å²) in [7, 11) is 0. The molecule has 0 spiro atoms. The van der Waals surface area contributed by atoms with E-state index in [0.717, 1.165) is 32.6 Å². The second-order valence-corrected chi connectivity index (χ2v) is 7.31. The van der Waals surface area contributed by atoms with E-state index in [-0.39, 0.29) is 17.9 Å².